The van der Waals surface area contributed by atoms with Crippen molar-refractivity contribution in [2.75, 3.05) is 13.1 Å². The molecule has 192 valence electrons. The zero-order chi connectivity index (χ0) is 26.4. The first kappa shape index (κ1) is 24.3. The van der Waals surface area contributed by atoms with Crippen molar-refractivity contribution in [3.63, 3.8) is 0 Å². The molecule has 0 saturated carbocycles. The first-order valence-corrected chi connectivity index (χ1v) is 10.8. The van der Waals surface area contributed by atoms with Crippen LogP contribution in [0.2, 0.25) is 0 Å². The van der Waals surface area contributed by atoms with Crippen molar-refractivity contribution in [2.45, 2.75) is 24.6 Å². The van der Waals surface area contributed by atoms with Crippen LogP contribution in [0.15, 0.2) is 55.1 Å². The van der Waals surface area contributed by atoms with Crippen LogP contribution in [-0.2, 0) is 4.79 Å². The van der Waals surface area contributed by atoms with E-state index < -0.39 is 54.7 Å². The first-order valence-electron chi connectivity index (χ1n) is 10.8. The molecule has 1 unspecified atom stereocenters. The molecule has 14 heteroatoms. The van der Waals surface area contributed by atoms with Crippen molar-refractivity contribution >= 4 is 28.4 Å². The number of pyridine rings is 1. The zero-order valence-electron chi connectivity index (χ0n) is 18.7. The second-order valence-electron chi connectivity index (χ2n) is 8.19. The second-order valence-corrected chi connectivity index (χ2v) is 8.19. The Morgan fingerprint density at radius 2 is 1.92 bits per heavy atom. The number of esters is 1. The molecule has 1 aliphatic rings. The summed E-state index contributed by atoms with van der Waals surface area (Å²) < 4.78 is 79.5. The summed E-state index contributed by atoms with van der Waals surface area (Å²) in [4.78, 5) is 37.7. The Labute approximate surface area is 204 Å². The van der Waals surface area contributed by atoms with Crippen molar-refractivity contribution in [1.29, 1.82) is 0 Å². The number of likely N-dealkylation sites (tertiary alicyclic amines) is 1. The van der Waals surface area contributed by atoms with E-state index in [0.29, 0.717) is 5.65 Å². The van der Waals surface area contributed by atoms with Gasteiger partial charge in [0.15, 0.2) is 17.5 Å². The van der Waals surface area contributed by atoms with Gasteiger partial charge in [0.05, 0.1) is 24.5 Å². The van der Waals surface area contributed by atoms with Gasteiger partial charge in [-0.2, -0.15) is 13.2 Å². The maximum absolute atomic E-state index is 14.9. The highest BCUT2D eigenvalue weighted by Crippen LogP contribution is 2.37. The number of rotatable bonds is 4. The lowest BCUT2D eigenvalue weighted by atomic mass is 10.0. The standard InChI is InChI=1S/C23H16F5N5O4/c24-22(25)5-7-32(20(34)15-10-29-11-18-30-6-8-33(15)18)12-17(22)37-19-16(36-21(35)23(26,27)28)9-13-3-1-2-4-14(13)31-19/h1-4,6,8-11,17H,5,7,12H2. The van der Waals surface area contributed by atoms with Crippen molar-refractivity contribution < 1.29 is 41.0 Å². The number of para-hydroxylation sites is 1. The molecule has 0 aliphatic carbocycles. The predicted molar refractivity (Wildman–Crippen MR) is 116 cm³/mol. The van der Waals surface area contributed by atoms with Crippen LogP contribution in [0.4, 0.5) is 22.0 Å². The lowest BCUT2D eigenvalue weighted by molar-refractivity contribution is -0.190. The molecule has 0 radical (unpaired) electrons. The number of ether oxygens (including phenoxy) is 2. The number of carbonyl (C=O) groups is 2. The number of nitrogens with zero attached hydrogens (tertiary/aromatic N) is 5. The fraction of sp³-hybridized carbons (Fsp3) is 0.261. The molecule has 4 heterocycles. The van der Waals surface area contributed by atoms with E-state index in [1.54, 1.807) is 12.1 Å². The molecule has 3 aromatic heterocycles. The number of fused-ring (bicyclic) bond motifs is 2. The minimum atomic E-state index is -5.34. The number of benzene rings is 1. The smallest absolute Gasteiger partial charge is 0.463 e. The van der Waals surface area contributed by atoms with Crippen molar-refractivity contribution in [3.05, 3.63) is 60.8 Å². The Morgan fingerprint density at radius 1 is 1.14 bits per heavy atom. The molecule has 0 spiro atoms. The van der Waals surface area contributed by atoms with Gasteiger partial charge in [-0.15, -0.1) is 0 Å². The van der Waals surface area contributed by atoms with Gasteiger partial charge in [-0.05, 0) is 12.1 Å². The molecule has 1 fully saturated rings. The predicted octanol–water partition coefficient (Wildman–Crippen LogP) is 3.67. The number of imidazole rings is 1. The van der Waals surface area contributed by atoms with Gasteiger partial charge < -0.3 is 14.4 Å². The lowest BCUT2D eigenvalue weighted by Gasteiger charge is -2.38. The van der Waals surface area contributed by atoms with Crippen LogP contribution < -0.4 is 9.47 Å². The van der Waals surface area contributed by atoms with Crippen LogP contribution in [-0.4, -0.2) is 67.4 Å². The lowest BCUT2D eigenvalue weighted by Crippen LogP contribution is -2.55. The van der Waals surface area contributed by atoms with Gasteiger partial charge in [-0.1, -0.05) is 18.2 Å². The number of piperidine rings is 1. The van der Waals surface area contributed by atoms with Crippen molar-refractivity contribution in [1.82, 2.24) is 24.3 Å². The molecule has 0 N–H and O–H groups in total. The average Bonchev–Trinajstić information content (AvgIpc) is 3.33. The van der Waals surface area contributed by atoms with Crippen LogP contribution in [0.1, 0.15) is 16.9 Å². The maximum Gasteiger partial charge on any atom is 0.491 e. The van der Waals surface area contributed by atoms with E-state index in [4.69, 9.17) is 4.74 Å². The van der Waals surface area contributed by atoms with E-state index in [1.807, 2.05) is 0 Å². The summed E-state index contributed by atoms with van der Waals surface area (Å²) in [6.07, 6.45) is -2.50. The fourth-order valence-electron chi connectivity index (χ4n) is 3.88. The monoisotopic (exact) mass is 521 g/mol. The fourth-order valence-corrected chi connectivity index (χ4v) is 3.88. The van der Waals surface area contributed by atoms with E-state index >= 15 is 0 Å². The van der Waals surface area contributed by atoms with Crippen molar-refractivity contribution in [3.8, 4) is 11.6 Å². The molecule has 0 bridgehead atoms. The first-order chi connectivity index (χ1) is 17.5. The summed E-state index contributed by atoms with van der Waals surface area (Å²) in [5.74, 6) is -8.20. The highest BCUT2D eigenvalue weighted by molar-refractivity contribution is 5.93. The number of alkyl halides is 5. The van der Waals surface area contributed by atoms with E-state index in [2.05, 4.69) is 19.7 Å². The Morgan fingerprint density at radius 3 is 2.70 bits per heavy atom. The van der Waals surface area contributed by atoms with Gasteiger partial charge in [0, 0.05) is 30.7 Å². The number of hydrogen-bond acceptors (Lipinski definition) is 7. The zero-order valence-corrected chi connectivity index (χ0v) is 18.7. The summed E-state index contributed by atoms with van der Waals surface area (Å²) in [5.41, 5.74) is 0.647. The van der Waals surface area contributed by atoms with Gasteiger partial charge in [0.2, 0.25) is 0 Å². The van der Waals surface area contributed by atoms with E-state index in [0.717, 1.165) is 11.0 Å². The number of hydrogen-bond donors (Lipinski definition) is 0. The third kappa shape index (κ3) is 4.73. The number of carbonyl (C=O) groups excluding carboxylic acids is 2. The minimum Gasteiger partial charge on any atom is -0.463 e. The number of halogens is 5. The summed E-state index contributed by atoms with van der Waals surface area (Å²) >= 11 is 0. The van der Waals surface area contributed by atoms with Crippen LogP contribution in [0.3, 0.4) is 0 Å². The SMILES string of the molecule is O=C(c1cncc2nccn12)N1CCC(F)(F)C(Oc2nc3ccccc3cc2OC(=O)C(F)(F)F)C1. The third-order valence-corrected chi connectivity index (χ3v) is 5.74. The second kappa shape index (κ2) is 8.94. The summed E-state index contributed by atoms with van der Waals surface area (Å²) in [6.45, 7) is -0.948. The van der Waals surface area contributed by atoms with Gasteiger partial charge in [-0.25, -0.2) is 23.5 Å². The summed E-state index contributed by atoms with van der Waals surface area (Å²) in [5, 5.41) is 0.285. The highest BCUT2D eigenvalue weighted by atomic mass is 19.4. The molecule has 4 aromatic rings. The Bertz CT molecular complexity index is 1510. The van der Waals surface area contributed by atoms with Crippen molar-refractivity contribution in [2.24, 2.45) is 0 Å². The molecule has 5 rings (SSSR count). The largest absolute Gasteiger partial charge is 0.491 e. The summed E-state index contributed by atoms with van der Waals surface area (Å²) in [6, 6.07) is 7.13. The minimum absolute atomic E-state index is 0.0718. The molecular weight excluding hydrogens is 505 g/mol. The van der Waals surface area contributed by atoms with E-state index in [1.165, 1.54) is 41.3 Å². The van der Waals surface area contributed by atoms with Crippen LogP contribution in [0.5, 0.6) is 11.6 Å². The topological polar surface area (TPSA) is 98.9 Å². The van der Waals surface area contributed by atoms with Crippen LogP contribution in [0, 0.1) is 0 Å². The van der Waals surface area contributed by atoms with E-state index in [-0.39, 0.29) is 23.1 Å². The highest BCUT2D eigenvalue weighted by Gasteiger charge is 2.48. The number of aromatic nitrogens is 4. The Balaban J connectivity index is 1.46. The molecule has 1 amide bonds. The van der Waals surface area contributed by atoms with Gasteiger partial charge in [0.25, 0.3) is 17.7 Å². The molecule has 9 nitrogen and oxygen atoms in total. The quantitative estimate of drug-likeness (QED) is 0.299. The molecule has 37 heavy (non-hydrogen) atoms. The molecular formula is C23H16F5N5O4. The molecule has 1 aliphatic heterocycles. The summed E-state index contributed by atoms with van der Waals surface area (Å²) in [7, 11) is 0. The van der Waals surface area contributed by atoms with Gasteiger partial charge in [-0.3, -0.25) is 14.2 Å². The van der Waals surface area contributed by atoms with Gasteiger partial charge >= 0.3 is 12.1 Å². The average molecular weight is 521 g/mol. The number of amides is 1. The van der Waals surface area contributed by atoms with E-state index in [9.17, 15) is 31.5 Å². The van der Waals surface area contributed by atoms with Gasteiger partial charge in [0.1, 0.15) is 5.69 Å². The molecule has 1 atom stereocenters. The third-order valence-electron chi connectivity index (χ3n) is 5.74. The Hall–Kier alpha value is -4.36. The van der Waals surface area contributed by atoms with Crippen LogP contribution >= 0.6 is 0 Å². The molecule has 1 aromatic carbocycles. The maximum atomic E-state index is 14.9. The Kier molecular flexibility index (Phi) is 5.88. The molecule has 1 saturated heterocycles. The van der Waals surface area contributed by atoms with Crippen LogP contribution in [0.25, 0.3) is 16.6 Å². The normalized spacial score (nSPS) is 17.6.